The van der Waals surface area contributed by atoms with Crippen LogP contribution in [0.3, 0.4) is 0 Å². The van der Waals surface area contributed by atoms with Crippen molar-refractivity contribution < 1.29 is 0 Å². The molecule has 1 aromatic carbocycles. The Balaban J connectivity index is 2.52. The van der Waals surface area contributed by atoms with E-state index in [1.165, 1.54) is 51.4 Å². The molecular formula is C17H28. The van der Waals surface area contributed by atoms with Crippen molar-refractivity contribution in [3.8, 4) is 0 Å². The first kappa shape index (κ1) is 14.3. The fourth-order valence-electron chi connectivity index (χ4n) is 2.63. The maximum absolute atomic E-state index is 2.33. The van der Waals surface area contributed by atoms with Gasteiger partial charge >= 0.3 is 0 Å². The third-order valence-electron chi connectivity index (χ3n) is 3.65. The van der Waals surface area contributed by atoms with Crippen LogP contribution in [0.15, 0.2) is 18.2 Å². The van der Waals surface area contributed by atoms with Crippen molar-refractivity contribution in [2.75, 3.05) is 0 Å². The molecule has 0 aliphatic heterocycles. The summed E-state index contributed by atoms with van der Waals surface area (Å²) >= 11 is 0. The van der Waals surface area contributed by atoms with E-state index in [9.17, 15) is 0 Å². The number of hydrogen-bond donors (Lipinski definition) is 0. The van der Waals surface area contributed by atoms with Gasteiger partial charge in [0.1, 0.15) is 0 Å². The van der Waals surface area contributed by atoms with Crippen molar-refractivity contribution in [3.63, 3.8) is 0 Å². The van der Waals surface area contributed by atoms with E-state index in [1.54, 1.807) is 16.7 Å². The topological polar surface area (TPSA) is 0 Å². The quantitative estimate of drug-likeness (QED) is 0.532. The Morgan fingerprint density at radius 3 is 2.12 bits per heavy atom. The Morgan fingerprint density at radius 1 is 0.765 bits per heavy atom. The second-order valence-corrected chi connectivity index (χ2v) is 4.93. The zero-order chi connectivity index (χ0) is 12.5. The van der Waals surface area contributed by atoms with E-state index >= 15 is 0 Å². The summed E-state index contributed by atoms with van der Waals surface area (Å²) in [5.41, 5.74) is 4.77. The predicted octanol–water partition coefficient (Wildman–Crippen LogP) is 5.32. The van der Waals surface area contributed by atoms with Crippen molar-refractivity contribution in [1.29, 1.82) is 0 Å². The predicted molar refractivity (Wildman–Crippen MR) is 77.7 cm³/mol. The van der Waals surface area contributed by atoms with E-state index in [0.29, 0.717) is 0 Å². The minimum absolute atomic E-state index is 1.17. The minimum Gasteiger partial charge on any atom is -0.0654 e. The molecule has 0 heteroatoms. The van der Waals surface area contributed by atoms with Gasteiger partial charge in [0, 0.05) is 0 Å². The minimum atomic E-state index is 1.17. The highest BCUT2D eigenvalue weighted by molar-refractivity contribution is 5.35. The zero-order valence-corrected chi connectivity index (χ0v) is 11.9. The molecule has 0 N–H and O–H groups in total. The first-order chi connectivity index (χ1) is 8.33. The van der Waals surface area contributed by atoms with Crippen LogP contribution in [0.2, 0.25) is 0 Å². The van der Waals surface area contributed by atoms with Crippen LogP contribution in [0.4, 0.5) is 0 Å². The molecule has 0 fully saturated rings. The lowest BCUT2D eigenvalue weighted by Crippen LogP contribution is -1.98. The van der Waals surface area contributed by atoms with Gasteiger partial charge in [0.15, 0.2) is 0 Å². The lowest BCUT2D eigenvalue weighted by atomic mass is 9.94. The molecule has 0 heterocycles. The molecule has 17 heavy (non-hydrogen) atoms. The van der Waals surface area contributed by atoms with Gasteiger partial charge in [-0.25, -0.2) is 0 Å². The number of benzene rings is 1. The molecule has 0 aliphatic rings. The summed E-state index contributed by atoms with van der Waals surface area (Å²) in [4.78, 5) is 0. The standard InChI is InChI=1S/C17H28/c1-4-7-8-9-10-12-16-14-11-13-15(5-2)17(16)6-3/h11,13-14H,4-10,12H2,1-3H3. The highest BCUT2D eigenvalue weighted by Crippen LogP contribution is 2.19. The lowest BCUT2D eigenvalue weighted by Gasteiger charge is -2.12. The normalized spacial score (nSPS) is 10.8. The van der Waals surface area contributed by atoms with Gasteiger partial charge in [0.2, 0.25) is 0 Å². The van der Waals surface area contributed by atoms with Gasteiger partial charge in [-0.2, -0.15) is 0 Å². The summed E-state index contributed by atoms with van der Waals surface area (Å²) in [6, 6.07) is 6.86. The summed E-state index contributed by atoms with van der Waals surface area (Å²) < 4.78 is 0. The fraction of sp³-hybridized carbons (Fsp3) is 0.647. The van der Waals surface area contributed by atoms with Gasteiger partial charge in [0.05, 0.1) is 0 Å². The molecule has 0 nitrogen and oxygen atoms in total. The largest absolute Gasteiger partial charge is 0.0654 e. The van der Waals surface area contributed by atoms with Crippen molar-refractivity contribution in [3.05, 3.63) is 34.9 Å². The van der Waals surface area contributed by atoms with Gasteiger partial charge in [-0.15, -0.1) is 0 Å². The molecule has 0 atom stereocenters. The highest BCUT2D eigenvalue weighted by atomic mass is 14.1. The summed E-state index contributed by atoms with van der Waals surface area (Å²) in [6.45, 7) is 6.83. The van der Waals surface area contributed by atoms with Crippen molar-refractivity contribution in [1.82, 2.24) is 0 Å². The van der Waals surface area contributed by atoms with E-state index in [0.717, 1.165) is 0 Å². The van der Waals surface area contributed by atoms with Gasteiger partial charge < -0.3 is 0 Å². The first-order valence-electron chi connectivity index (χ1n) is 7.43. The molecule has 1 aromatic rings. The lowest BCUT2D eigenvalue weighted by molar-refractivity contribution is 0.630. The molecule has 0 saturated heterocycles. The van der Waals surface area contributed by atoms with Crippen LogP contribution in [-0.2, 0) is 19.3 Å². The Kier molecular flexibility index (Phi) is 7.00. The molecule has 1 rings (SSSR count). The summed E-state index contributed by atoms with van der Waals surface area (Å²) in [6.07, 6.45) is 10.5. The fourth-order valence-corrected chi connectivity index (χ4v) is 2.63. The van der Waals surface area contributed by atoms with Crippen LogP contribution in [0.25, 0.3) is 0 Å². The summed E-state index contributed by atoms with van der Waals surface area (Å²) in [7, 11) is 0. The molecule has 0 radical (unpaired) electrons. The second-order valence-electron chi connectivity index (χ2n) is 4.93. The van der Waals surface area contributed by atoms with E-state index in [-0.39, 0.29) is 0 Å². The molecule has 0 bridgehead atoms. The molecule has 96 valence electrons. The summed E-state index contributed by atoms with van der Waals surface area (Å²) in [5, 5.41) is 0. The van der Waals surface area contributed by atoms with Crippen LogP contribution in [0.5, 0.6) is 0 Å². The number of rotatable bonds is 8. The van der Waals surface area contributed by atoms with Crippen molar-refractivity contribution in [2.45, 2.75) is 72.1 Å². The van der Waals surface area contributed by atoms with Crippen LogP contribution in [0, 0.1) is 0 Å². The van der Waals surface area contributed by atoms with Crippen LogP contribution in [-0.4, -0.2) is 0 Å². The van der Waals surface area contributed by atoms with E-state index in [4.69, 9.17) is 0 Å². The second kappa shape index (κ2) is 8.33. The van der Waals surface area contributed by atoms with E-state index in [2.05, 4.69) is 39.0 Å². The molecule has 0 amide bonds. The third-order valence-corrected chi connectivity index (χ3v) is 3.65. The summed E-state index contributed by atoms with van der Waals surface area (Å²) in [5.74, 6) is 0. The van der Waals surface area contributed by atoms with E-state index < -0.39 is 0 Å². The van der Waals surface area contributed by atoms with Crippen molar-refractivity contribution >= 4 is 0 Å². The average Bonchev–Trinajstić information content (AvgIpc) is 2.38. The molecule has 0 unspecified atom stereocenters. The molecule has 0 spiro atoms. The van der Waals surface area contributed by atoms with Crippen LogP contribution >= 0.6 is 0 Å². The Hall–Kier alpha value is -0.780. The molecular weight excluding hydrogens is 204 g/mol. The first-order valence-corrected chi connectivity index (χ1v) is 7.43. The monoisotopic (exact) mass is 232 g/mol. The Morgan fingerprint density at radius 2 is 1.47 bits per heavy atom. The maximum Gasteiger partial charge on any atom is -0.0276 e. The van der Waals surface area contributed by atoms with E-state index in [1.807, 2.05) is 0 Å². The average molecular weight is 232 g/mol. The van der Waals surface area contributed by atoms with Gasteiger partial charge in [-0.1, -0.05) is 64.7 Å². The van der Waals surface area contributed by atoms with Gasteiger partial charge in [-0.05, 0) is 42.4 Å². The molecule has 0 saturated carbocycles. The van der Waals surface area contributed by atoms with Crippen molar-refractivity contribution in [2.24, 2.45) is 0 Å². The maximum atomic E-state index is 2.33. The smallest absolute Gasteiger partial charge is 0.0276 e. The van der Waals surface area contributed by atoms with Crippen LogP contribution in [0.1, 0.15) is 69.6 Å². The third kappa shape index (κ3) is 4.53. The van der Waals surface area contributed by atoms with Gasteiger partial charge in [0.25, 0.3) is 0 Å². The SMILES string of the molecule is CCCCCCCc1cccc(CC)c1CC. The van der Waals surface area contributed by atoms with Gasteiger partial charge in [-0.3, -0.25) is 0 Å². The van der Waals surface area contributed by atoms with Crippen LogP contribution < -0.4 is 0 Å². The highest BCUT2D eigenvalue weighted by Gasteiger charge is 2.04. The Bertz CT molecular complexity index is 312. The zero-order valence-electron chi connectivity index (χ0n) is 11.9. The number of hydrogen-bond acceptors (Lipinski definition) is 0. The number of unbranched alkanes of at least 4 members (excludes halogenated alkanes) is 4. The molecule has 0 aliphatic carbocycles. The Labute approximate surface area is 107 Å². The molecule has 0 aromatic heterocycles. The number of aryl methyl sites for hydroxylation is 2.